The van der Waals surface area contributed by atoms with Crippen molar-refractivity contribution in [3.8, 4) is 5.88 Å². The molecule has 0 radical (unpaired) electrons. The molecule has 1 aliphatic rings. The van der Waals surface area contributed by atoms with Crippen molar-refractivity contribution in [1.82, 2.24) is 14.3 Å². The molecule has 1 aromatic heterocycles. The van der Waals surface area contributed by atoms with Gasteiger partial charge in [0.25, 0.3) is 0 Å². The SMILES string of the molecule is O=S(=O)(c1cccc(F)c1)N1CCC(Oc2cnccn2)C1. The van der Waals surface area contributed by atoms with Crippen molar-refractivity contribution in [3.63, 3.8) is 0 Å². The second-order valence-electron chi connectivity index (χ2n) is 4.89. The van der Waals surface area contributed by atoms with Crippen LogP contribution in [-0.2, 0) is 10.0 Å². The Bertz CT molecular complexity index is 755. The monoisotopic (exact) mass is 323 g/mol. The van der Waals surface area contributed by atoms with E-state index in [9.17, 15) is 12.8 Å². The molecular formula is C14H14FN3O3S. The number of ether oxygens (including phenoxy) is 1. The number of rotatable bonds is 4. The van der Waals surface area contributed by atoms with Crippen molar-refractivity contribution in [2.45, 2.75) is 17.4 Å². The molecule has 0 amide bonds. The van der Waals surface area contributed by atoms with E-state index in [1.54, 1.807) is 0 Å². The summed E-state index contributed by atoms with van der Waals surface area (Å²) < 4.78 is 45.0. The molecule has 116 valence electrons. The van der Waals surface area contributed by atoms with E-state index in [0.29, 0.717) is 18.8 Å². The van der Waals surface area contributed by atoms with Crippen LogP contribution in [0, 0.1) is 5.82 Å². The maximum absolute atomic E-state index is 13.2. The third-order valence-electron chi connectivity index (χ3n) is 3.37. The summed E-state index contributed by atoms with van der Waals surface area (Å²) in [6.45, 7) is 0.527. The van der Waals surface area contributed by atoms with Gasteiger partial charge in [0, 0.05) is 18.9 Å². The zero-order chi connectivity index (χ0) is 15.6. The standard InChI is InChI=1S/C14H14FN3O3S/c15-11-2-1-3-13(8-11)22(19,20)18-7-4-12(10-18)21-14-9-16-5-6-17-14/h1-3,5-6,8-9,12H,4,7,10H2. The average Bonchev–Trinajstić information content (AvgIpc) is 2.97. The van der Waals surface area contributed by atoms with Gasteiger partial charge in [-0.3, -0.25) is 4.98 Å². The van der Waals surface area contributed by atoms with Gasteiger partial charge in [0.15, 0.2) is 0 Å². The zero-order valence-electron chi connectivity index (χ0n) is 11.6. The third kappa shape index (κ3) is 3.07. The van der Waals surface area contributed by atoms with Crippen molar-refractivity contribution in [3.05, 3.63) is 48.7 Å². The molecule has 0 aliphatic carbocycles. The van der Waals surface area contributed by atoms with Gasteiger partial charge < -0.3 is 4.74 Å². The summed E-state index contributed by atoms with van der Waals surface area (Å²) in [7, 11) is -3.71. The van der Waals surface area contributed by atoms with Gasteiger partial charge in [-0.1, -0.05) is 6.07 Å². The Balaban J connectivity index is 1.72. The summed E-state index contributed by atoms with van der Waals surface area (Å²) in [6.07, 6.45) is 4.77. The lowest BCUT2D eigenvalue weighted by molar-refractivity contribution is 0.206. The number of sulfonamides is 1. The van der Waals surface area contributed by atoms with Gasteiger partial charge in [-0.05, 0) is 24.6 Å². The van der Waals surface area contributed by atoms with E-state index < -0.39 is 15.8 Å². The number of nitrogens with zero attached hydrogens (tertiary/aromatic N) is 3. The number of aromatic nitrogens is 2. The average molecular weight is 323 g/mol. The Hall–Kier alpha value is -2.06. The van der Waals surface area contributed by atoms with Crippen molar-refractivity contribution < 1.29 is 17.5 Å². The highest BCUT2D eigenvalue weighted by Gasteiger charge is 2.34. The molecule has 0 spiro atoms. The van der Waals surface area contributed by atoms with Gasteiger partial charge in [-0.2, -0.15) is 4.31 Å². The summed E-state index contributed by atoms with van der Waals surface area (Å²) in [4.78, 5) is 7.84. The molecule has 1 atom stereocenters. The van der Waals surface area contributed by atoms with E-state index in [1.165, 1.54) is 41.1 Å². The van der Waals surface area contributed by atoms with E-state index in [-0.39, 0.29) is 17.5 Å². The zero-order valence-corrected chi connectivity index (χ0v) is 12.4. The Morgan fingerprint density at radius 1 is 1.32 bits per heavy atom. The van der Waals surface area contributed by atoms with Crippen LogP contribution < -0.4 is 4.74 Å². The highest BCUT2D eigenvalue weighted by atomic mass is 32.2. The van der Waals surface area contributed by atoms with E-state index in [0.717, 1.165) is 6.07 Å². The first-order chi connectivity index (χ1) is 10.6. The number of halogens is 1. The van der Waals surface area contributed by atoms with Crippen LogP contribution in [0.25, 0.3) is 0 Å². The van der Waals surface area contributed by atoms with E-state index in [4.69, 9.17) is 4.74 Å². The van der Waals surface area contributed by atoms with Crippen molar-refractivity contribution in [2.24, 2.45) is 0 Å². The molecule has 8 heteroatoms. The Morgan fingerprint density at radius 2 is 2.18 bits per heavy atom. The molecule has 6 nitrogen and oxygen atoms in total. The molecule has 1 aromatic carbocycles. The van der Waals surface area contributed by atoms with Crippen LogP contribution in [0.1, 0.15) is 6.42 Å². The molecule has 2 aromatic rings. The molecule has 1 saturated heterocycles. The maximum atomic E-state index is 13.2. The molecule has 1 fully saturated rings. The van der Waals surface area contributed by atoms with Gasteiger partial charge in [0.2, 0.25) is 15.9 Å². The second kappa shape index (κ2) is 5.98. The lowest BCUT2D eigenvalue weighted by Gasteiger charge is -2.17. The van der Waals surface area contributed by atoms with Crippen molar-refractivity contribution in [1.29, 1.82) is 0 Å². The van der Waals surface area contributed by atoms with E-state index in [1.807, 2.05) is 0 Å². The minimum Gasteiger partial charge on any atom is -0.472 e. The van der Waals surface area contributed by atoms with Crippen LogP contribution >= 0.6 is 0 Å². The lowest BCUT2D eigenvalue weighted by atomic mass is 10.3. The Labute approximate surface area is 127 Å². The molecule has 1 unspecified atom stereocenters. The molecule has 0 bridgehead atoms. The van der Waals surface area contributed by atoms with Gasteiger partial charge in [0.05, 0.1) is 17.6 Å². The fourth-order valence-corrected chi connectivity index (χ4v) is 3.82. The normalized spacial score (nSPS) is 19.2. The summed E-state index contributed by atoms with van der Waals surface area (Å²) in [5, 5.41) is 0. The largest absolute Gasteiger partial charge is 0.472 e. The van der Waals surface area contributed by atoms with Crippen LogP contribution in [-0.4, -0.2) is 41.9 Å². The summed E-state index contributed by atoms with van der Waals surface area (Å²) in [6, 6.07) is 5.00. The summed E-state index contributed by atoms with van der Waals surface area (Å²) in [5.74, 6) is -0.217. The molecule has 0 N–H and O–H groups in total. The fourth-order valence-electron chi connectivity index (χ4n) is 2.31. The first kappa shape index (κ1) is 14.9. The van der Waals surface area contributed by atoms with Gasteiger partial charge in [0.1, 0.15) is 11.9 Å². The highest BCUT2D eigenvalue weighted by Crippen LogP contribution is 2.23. The lowest BCUT2D eigenvalue weighted by Crippen LogP contribution is -2.31. The van der Waals surface area contributed by atoms with Crippen molar-refractivity contribution in [2.75, 3.05) is 13.1 Å². The minimum absolute atomic E-state index is 0.0485. The van der Waals surface area contributed by atoms with Crippen LogP contribution in [0.2, 0.25) is 0 Å². The summed E-state index contributed by atoms with van der Waals surface area (Å²) in [5.41, 5.74) is 0. The summed E-state index contributed by atoms with van der Waals surface area (Å²) >= 11 is 0. The molecule has 2 heterocycles. The molecule has 22 heavy (non-hydrogen) atoms. The third-order valence-corrected chi connectivity index (χ3v) is 5.23. The van der Waals surface area contributed by atoms with E-state index in [2.05, 4.69) is 9.97 Å². The van der Waals surface area contributed by atoms with Crippen LogP contribution in [0.15, 0.2) is 47.8 Å². The Morgan fingerprint density at radius 3 is 2.91 bits per heavy atom. The van der Waals surface area contributed by atoms with Gasteiger partial charge >= 0.3 is 0 Å². The predicted molar refractivity (Wildman–Crippen MR) is 76.2 cm³/mol. The number of benzene rings is 1. The molecule has 1 aliphatic heterocycles. The molecule has 3 rings (SSSR count). The van der Waals surface area contributed by atoms with E-state index >= 15 is 0 Å². The minimum atomic E-state index is -3.71. The number of hydrogen-bond donors (Lipinski definition) is 0. The van der Waals surface area contributed by atoms with Gasteiger partial charge in [-0.15, -0.1) is 0 Å². The highest BCUT2D eigenvalue weighted by molar-refractivity contribution is 7.89. The quantitative estimate of drug-likeness (QED) is 0.852. The smallest absolute Gasteiger partial charge is 0.243 e. The van der Waals surface area contributed by atoms with Crippen LogP contribution in [0.3, 0.4) is 0 Å². The first-order valence-electron chi connectivity index (χ1n) is 6.74. The maximum Gasteiger partial charge on any atom is 0.243 e. The van der Waals surface area contributed by atoms with Crippen LogP contribution in [0.4, 0.5) is 4.39 Å². The number of hydrogen-bond acceptors (Lipinski definition) is 5. The molecular weight excluding hydrogens is 309 g/mol. The first-order valence-corrected chi connectivity index (χ1v) is 8.18. The molecule has 0 saturated carbocycles. The Kier molecular flexibility index (Phi) is 4.04. The predicted octanol–water partition coefficient (Wildman–Crippen LogP) is 1.46. The van der Waals surface area contributed by atoms with Gasteiger partial charge in [-0.25, -0.2) is 17.8 Å². The topological polar surface area (TPSA) is 72.4 Å². The fraction of sp³-hybridized carbons (Fsp3) is 0.286. The van der Waals surface area contributed by atoms with Crippen LogP contribution in [0.5, 0.6) is 5.88 Å². The second-order valence-corrected chi connectivity index (χ2v) is 6.83. The van der Waals surface area contributed by atoms with Crippen molar-refractivity contribution >= 4 is 10.0 Å².